The fourth-order valence-electron chi connectivity index (χ4n) is 2.66. The Kier molecular flexibility index (Phi) is 6.19. The van der Waals surface area contributed by atoms with Gasteiger partial charge in [-0.3, -0.25) is 4.79 Å². The summed E-state index contributed by atoms with van der Waals surface area (Å²) in [7, 11) is 0. The second-order valence-electron chi connectivity index (χ2n) is 5.97. The number of fused-ring (bicyclic) bond motifs is 1. The van der Waals surface area contributed by atoms with Crippen LogP contribution in [0.5, 0.6) is 5.75 Å². The van der Waals surface area contributed by atoms with Gasteiger partial charge < -0.3 is 4.74 Å². The van der Waals surface area contributed by atoms with Gasteiger partial charge in [0.05, 0.1) is 17.1 Å². The number of benzene rings is 2. The standard InChI is InChI=1S/C21H20BrN3O2/c1-3-6-20-24-19-10-9-16(22)13-18(19)21(26)25(20)23-14-15-7-5-8-17(12-15)27-11-4-2/h4-5,7-10,12-14H,2-3,6,11H2,1H3. The topological polar surface area (TPSA) is 56.5 Å². The molecule has 0 radical (unpaired) electrons. The molecule has 3 aromatic rings. The zero-order valence-electron chi connectivity index (χ0n) is 15.1. The normalized spacial score (nSPS) is 11.2. The van der Waals surface area contributed by atoms with Crippen LogP contribution in [0.25, 0.3) is 10.9 Å². The van der Waals surface area contributed by atoms with E-state index in [1.54, 1.807) is 18.4 Å². The highest BCUT2D eigenvalue weighted by atomic mass is 79.9. The van der Waals surface area contributed by atoms with Crippen molar-refractivity contribution in [3.8, 4) is 5.75 Å². The van der Waals surface area contributed by atoms with Gasteiger partial charge in [0.25, 0.3) is 5.56 Å². The smallest absolute Gasteiger partial charge is 0.282 e. The molecule has 0 atom stereocenters. The lowest BCUT2D eigenvalue weighted by atomic mass is 10.2. The van der Waals surface area contributed by atoms with Crippen LogP contribution in [0, 0.1) is 0 Å². The van der Waals surface area contributed by atoms with E-state index in [0.717, 1.165) is 22.2 Å². The van der Waals surface area contributed by atoms with Crippen LogP contribution < -0.4 is 10.3 Å². The lowest BCUT2D eigenvalue weighted by Gasteiger charge is -2.09. The monoisotopic (exact) mass is 425 g/mol. The number of rotatable bonds is 7. The molecule has 0 aliphatic rings. The van der Waals surface area contributed by atoms with E-state index < -0.39 is 0 Å². The van der Waals surface area contributed by atoms with Crippen LogP contribution in [0.2, 0.25) is 0 Å². The van der Waals surface area contributed by atoms with Crippen molar-refractivity contribution in [2.45, 2.75) is 19.8 Å². The highest BCUT2D eigenvalue weighted by Gasteiger charge is 2.10. The first-order valence-electron chi connectivity index (χ1n) is 8.71. The Hall–Kier alpha value is -2.73. The van der Waals surface area contributed by atoms with Crippen LogP contribution in [0.1, 0.15) is 24.7 Å². The average molecular weight is 426 g/mol. The van der Waals surface area contributed by atoms with Crippen molar-refractivity contribution in [3.63, 3.8) is 0 Å². The molecular weight excluding hydrogens is 406 g/mol. The van der Waals surface area contributed by atoms with Crippen LogP contribution in [0.4, 0.5) is 0 Å². The maximum absolute atomic E-state index is 13.0. The molecule has 2 aromatic carbocycles. The van der Waals surface area contributed by atoms with Crippen LogP contribution in [0.15, 0.2) is 69.5 Å². The predicted octanol–water partition coefficient (Wildman–Crippen LogP) is 4.56. The molecule has 0 aliphatic heterocycles. The molecule has 0 saturated heterocycles. The van der Waals surface area contributed by atoms with Crippen LogP contribution in [-0.2, 0) is 6.42 Å². The zero-order valence-corrected chi connectivity index (χ0v) is 16.6. The Morgan fingerprint density at radius 3 is 2.93 bits per heavy atom. The fourth-order valence-corrected chi connectivity index (χ4v) is 3.02. The molecule has 0 saturated carbocycles. The largest absolute Gasteiger partial charge is 0.490 e. The molecule has 5 nitrogen and oxygen atoms in total. The van der Waals surface area contributed by atoms with Crippen molar-refractivity contribution in [2.24, 2.45) is 5.10 Å². The lowest BCUT2D eigenvalue weighted by molar-refractivity contribution is 0.363. The highest BCUT2D eigenvalue weighted by Crippen LogP contribution is 2.17. The quantitative estimate of drug-likeness (QED) is 0.411. The Morgan fingerprint density at radius 1 is 1.30 bits per heavy atom. The van der Waals surface area contributed by atoms with E-state index in [0.29, 0.717) is 29.8 Å². The van der Waals surface area contributed by atoms with Crippen molar-refractivity contribution in [1.29, 1.82) is 0 Å². The molecule has 0 bridgehead atoms. The summed E-state index contributed by atoms with van der Waals surface area (Å²) in [6, 6.07) is 13.0. The van der Waals surface area contributed by atoms with E-state index in [9.17, 15) is 4.79 Å². The third-order valence-corrected chi connectivity index (χ3v) is 4.39. The third kappa shape index (κ3) is 4.52. The Balaban J connectivity index is 2.03. The number of halogens is 1. The van der Waals surface area contributed by atoms with Crippen molar-refractivity contribution >= 4 is 33.0 Å². The summed E-state index contributed by atoms with van der Waals surface area (Å²) in [4.78, 5) is 17.6. The third-order valence-electron chi connectivity index (χ3n) is 3.90. The molecule has 0 fully saturated rings. The molecule has 0 spiro atoms. The van der Waals surface area contributed by atoms with E-state index in [4.69, 9.17) is 4.74 Å². The van der Waals surface area contributed by atoms with Gasteiger partial charge in [0.1, 0.15) is 18.2 Å². The second-order valence-corrected chi connectivity index (χ2v) is 6.89. The van der Waals surface area contributed by atoms with Crippen LogP contribution in [-0.4, -0.2) is 22.5 Å². The number of nitrogens with zero attached hydrogens (tertiary/aromatic N) is 3. The van der Waals surface area contributed by atoms with Crippen LogP contribution >= 0.6 is 15.9 Å². The molecule has 1 aromatic heterocycles. The Labute approximate surface area is 166 Å². The first-order valence-corrected chi connectivity index (χ1v) is 9.51. The molecule has 0 amide bonds. The fraction of sp³-hybridized carbons (Fsp3) is 0.190. The number of aromatic nitrogens is 2. The predicted molar refractivity (Wildman–Crippen MR) is 113 cm³/mol. The van der Waals surface area contributed by atoms with Gasteiger partial charge in [-0.1, -0.05) is 47.6 Å². The first kappa shape index (κ1) is 19.0. The molecule has 27 heavy (non-hydrogen) atoms. The molecule has 0 unspecified atom stereocenters. The van der Waals surface area contributed by atoms with Crippen molar-refractivity contribution in [2.75, 3.05) is 6.61 Å². The molecule has 138 valence electrons. The Morgan fingerprint density at radius 2 is 2.15 bits per heavy atom. The molecule has 1 heterocycles. The number of hydrogen-bond donors (Lipinski definition) is 0. The molecule has 0 N–H and O–H groups in total. The molecule has 0 aliphatic carbocycles. The summed E-state index contributed by atoms with van der Waals surface area (Å²) in [6.07, 6.45) is 4.87. The molecule has 6 heteroatoms. The number of ether oxygens (including phenoxy) is 1. The maximum Gasteiger partial charge on any atom is 0.282 e. The second kappa shape index (κ2) is 8.77. The Bertz CT molecular complexity index is 1060. The minimum atomic E-state index is -0.180. The molecular formula is C21H20BrN3O2. The van der Waals surface area contributed by atoms with Crippen molar-refractivity contribution in [1.82, 2.24) is 9.66 Å². The van der Waals surface area contributed by atoms with Gasteiger partial charge in [-0.2, -0.15) is 9.78 Å². The summed E-state index contributed by atoms with van der Waals surface area (Å²) < 4.78 is 7.76. The summed E-state index contributed by atoms with van der Waals surface area (Å²) in [5, 5.41) is 4.95. The molecule has 3 rings (SSSR count). The minimum Gasteiger partial charge on any atom is -0.490 e. The van der Waals surface area contributed by atoms with Gasteiger partial charge in [-0.25, -0.2) is 4.98 Å². The van der Waals surface area contributed by atoms with Gasteiger partial charge in [-0.05, 0) is 42.3 Å². The highest BCUT2D eigenvalue weighted by molar-refractivity contribution is 9.10. The van der Waals surface area contributed by atoms with Gasteiger partial charge in [-0.15, -0.1) is 0 Å². The van der Waals surface area contributed by atoms with E-state index in [1.165, 1.54) is 4.68 Å². The first-order chi connectivity index (χ1) is 13.1. The van der Waals surface area contributed by atoms with Gasteiger partial charge >= 0.3 is 0 Å². The van der Waals surface area contributed by atoms with E-state index >= 15 is 0 Å². The number of hydrogen-bond acceptors (Lipinski definition) is 4. The van der Waals surface area contributed by atoms with E-state index in [2.05, 4.69) is 32.6 Å². The van der Waals surface area contributed by atoms with Crippen molar-refractivity contribution < 1.29 is 4.74 Å². The van der Waals surface area contributed by atoms with Gasteiger partial charge in [0, 0.05) is 10.9 Å². The minimum absolute atomic E-state index is 0.180. The van der Waals surface area contributed by atoms with E-state index in [-0.39, 0.29) is 5.56 Å². The van der Waals surface area contributed by atoms with Crippen molar-refractivity contribution in [3.05, 3.63) is 81.3 Å². The average Bonchev–Trinajstić information content (AvgIpc) is 2.67. The lowest BCUT2D eigenvalue weighted by Crippen LogP contribution is -2.22. The summed E-state index contributed by atoms with van der Waals surface area (Å²) in [5.74, 6) is 1.37. The maximum atomic E-state index is 13.0. The zero-order chi connectivity index (χ0) is 19.2. The number of aryl methyl sites for hydroxylation is 1. The van der Waals surface area contributed by atoms with Crippen LogP contribution in [0.3, 0.4) is 0 Å². The summed E-state index contributed by atoms with van der Waals surface area (Å²) >= 11 is 3.41. The van der Waals surface area contributed by atoms with Gasteiger partial charge in [0.2, 0.25) is 0 Å². The van der Waals surface area contributed by atoms with Gasteiger partial charge in [0.15, 0.2) is 0 Å². The SMILES string of the molecule is C=CCOc1cccc(C=Nn2c(CCC)nc3ccc(Br)cc3c2=O)c1. The summed E-state index contributed by atoms with van der Waals surface area (Å²) in [6.45, 7) is 6.13. The summed E-state index contributed by atoms with van der Waals surface area (Å²) in [5.41, 5.74) is 1.33. The van der Waals surface area contributed by atoms with E-state index in [1.807, 2.05) is 43.3 Å².